The van der Waals surface area contributed by atoms with Crippen molar-refractivity contribution in [1.29, 1.82) is 0 Å². The number of benzene rings is 2. The summed E-state index contributed by atoms with van der Waals surface area (Å²) in [4.78, 5) is 12.0. The van der Waals surface area contributed by atoms with Crippen molar-refractivity contribution in [2.45, 2.75) is 19.8 Å². The molecule has 0 fully saturated rings. The lowest BCUT2D eigenvalue weighted by atomic mass is 10.1. The Kier molecular flexibility index (Phi) is 6.62. The lowest BCUT2D eigenvalue weighted by Gasteiger charge is -2.08. The van der Waals surface area contributed by atoms with Crippen LogP contribution in [0.15, 0.2) is 46.9 Å². The molecule has 0 radical (unpaired) electrons. The topological polar surface area (TPSA) is 64.3 Å². The number of hydrogen-bond donors (Lipinski definition) is 2. The van der Waals surface area contributed by atoms with Gasteiger partial charge >= 0.3 is 0 Å². The van der Waals surface area contributed by atoms with Gasteiger partial charge in [0.05, 0.1) is 0 Å². The molecule has 0 aliphatic rings. The van der Waals surface area contributed by atoms with Crippen molar-refractivity contribution < 1.29 is 9.53 Å². The molecule has 0 atom stereocenters. The van der Waals surface area contributed by atoms with E-state index in [1.54, 1.807) is 0 Å². The fourth-order valence-electron chi connectivity index (χ4n) is 2.15. The van der Waals surface area contributed by atoms with Gasteiger partial charge in [-0.15, -0.1) is 0 Å². The summed E-state index contributed by atoms with van der Waals surface area (Å²) in [5, 5.41) is 2.89. The van der Waals surface area contributed by atoms with Crippen molar-refractivity contribution in [3.63, 3.8) is 0 Å². The monoisotopic (exact) mass is 376 g/mol. The number of anilines is 1. The van der Waals surface area contributed by atoms with Crippen LogP contribution in [0.1, 0.15) is 17.5 Å². The Morgan fingerprint density at radius 1 is 1.22 bits per heavy atom. The molecule has 3 N–H and O–H groups in total. The largest absolute Gasteiger partial charge is 0.492 e. The fraction of sp³-hybridized carbons (Fsp3) is 0.278. The number of ether oxygens (including phenoxy) is 1. The molecule has 2 rings (SSSR count). The summed E-state index contributed by atoms with van der Waals surface area (Å²) < 4.78 is 6.49. The fourth-order valence-corrected chi connectivity index (χ4v) is 2.40. The summed E-state index contributed by atoms with van der Waals surface area (Å²) in [5.41, 5.74) is 8.49. The van der Waals surface area contributed by atoms with Gasteiger partial charge in [0.15, 0.2) is 0 Å². The first-order valence-corrected chi connectivity index (χ1v) is 8.35. The number of nitrogens with one attached hydrogen (secondary N) is 1. The predicted octanol–water partition coefficient (Wildman–Crippen LogP) is 3.67. The quantitative estimate of drug-likeness (QED) is 0.774. The van der Waals surface area contributed by atoms with Crippen LogP contribution >= 0.6 is 15.9 Å². The average molecular weight is 377 g/mol. The van der Waals surface area contributed by atoms with Crippen molar-refractivity contribution in [3.8, 4) is 5.75 Å². The zero-order chi connectivity index (χ0) is 16.7. The Bertz CT molecular complexity index is 657. The first-order valence-electron chi connectivity index (χ1n) is 7.56. The Labute approximate surface area is 145 Å². The summed E-state index contributed by atoms with van der Waals surface area (Å²) in [6, 6.07) is 13.4. The van der Waals surface area contributed by atoms with Gasteiger partial charge in [-0.3, -0.25) is 4.79 Å². The first-order chi connectivity index (χ1) is 11.1. The van der Waals surface area contributed by atoms with Gasteiger partial charge in [-0.05, 0) is 54.8 Å². The van der Waals surface area contributed by atoms with Crippen LogP contribution in [0.5, 0.6) is 5.75 Å². The van der Waals surface area contributed by atoms with Crippen LogP contribution in [0.2, 0.25) is 0 Å². The van der Waals surface area contributed by atoms with E-state index in [2.05, 4.69) is 27.3 Å². The molecular weight excluding hydrogens is 356 g/mol. The van der Waals surface area contributed by atoms with Crippen LogP contribution in [0.3, 0.4) is 0 Å². The molecule has 0 aliphatic carbocycles. The lowest BCUT2D eigenvalue weighted by molar-refractivity contribution is -0.116. The highest BCUT2D eigenvalue weighted by atomic mass is 79.9. The van der Waals surface area contributed by atoms with E-state index in [9.17, 15) is 4.79 Å². The SMILES string of the molecule is Cc1cc(CCC(=O)Nc2ccc(OCCN)cc2)ccc1Br. The van der Waals surface area contributed by atoms with E-state index in [0.29, 0.717) is 19.6 Å². The van der Waals surface area contributed by atoms with Gasteiger partial charge in [0, 0.05) is 23.1 Å². The van der Waals surface area contributed by atoms with Crippen LogP contribution in [0.25, 0.3) is 0 Å². The lowest BCUT2D eigenvalue weighted by Crippen LogP contribution is -2.12. The third kappa shape index (κ3) is 5.69. The Hall–Kier alpha value is -1.85. The minimum atomic E-state index is 0.00111. The molecule has 2 aromatic rings. The van der Waals surface area contributed by atoms with Gasteiger partial charge in [0.25, 0.3) is 0 Å². The van der Waals surface area contributed by atoms with Gasteiger partial charge in [-0.1, -0.05) is 28.1 Å². The molecule has 23 heavy (non-hydrogen) atoms. The average Bonchev–Trinajstić information content (AvgIpc) is 2.55. The molecular formula is C18H21BrN2O2. The third-order valence-electron chi connectivity index (χ3n) is 3.39. The molecule has 0 aliphatic heterocycles. The number of halogens is 1. The molecule has 0 aromatic heterocycles. The minimum absolute atomic E-state index is 0.00111. The summed E-state index contributed by atoms with van der Waals surface area (Å²) in [6.45, 7) is 3.01. The van der Waals surface area contributed by atoms with Crippen molar-refractivity contribution in [2.24, 2.45) is 5.73 Å². The second kappa shape index (κ2) is 8.70. The van der Waals surface area contributed by atoms with Gasteiger partial charge < -0.3 is 15.8 Å². The van der Waals surface area contributed by atoms with E-state index in [-0.39, 0.29) is 5.91 Å². The van der Waals surface area contributed by atoms with Crippen LogP contribution in [0, 0.1) is 6.92 Å². The van der Waals surface area contributed by atoms with Crippen molar-refractivity contribution in [3.05, 3.63) is 58.1 Å². The maximum absolute atomic E-state index is 12.0. The standard InChI is InChI=1S/C18H21BrN2O2/c1-13-12-14(2-8-17(13)19)3-9-18(22)21-15-4-6-16(7-5-15)23-11-10-20/h2,4-8,12H,3,9-11,20H2,1H3,(H,21,22). The van der Waals surface area contributed by atoms with Gasteiger partial charge in [-0.2, -0.15) is 0 Å². The normalized spacial score (nSPS) is 10.4. The number of amides is 1. The van der Waals surface area contributed by atoms with Gasteiger partial charge in [-0.25, -0.2) is 0 Å². The molecule has 0 heterocycles. The van der Waals surface area contributed by atoms with E-state index in [1.807, 2.05) is 43.3 Å². The predicted molar refractivity (Wildman–Crippen MR) is 96.8 cm³/mol. The van der Waals surface area contributed by atoms with E-state index in [0.717, 1.165) is 27.9 Å². The molecule has 0 bridgehead atoms. The molecule has 4 nitrogen and oxygen atoms in total. The second-order valence-corrected chi connectivity index (χ2v) is 6.15. The molecule has 0 spiro atoms. The molecule has 5 heteroatoms. The number of carbonyl (C=O) groups excluding carboxylic acids is 1. The molecule has 0 unspecified atom stereocenters. The number of aryl methyl sites for hydroxylation is 2. The summed E-state index contributed by atoms with van der Waals surface area (Å²) in [6.07, 6.45) is 1.17. The Morgan fingerprint density at radius 2 is 1.96 bits per heavy atom. The maximum atomic E-state index is 12.0. The van der Waals surface area contributed by atoms with Crippen molar-refractivity contribution in [1.82, 2.24) is 0 Å². The van der Waals surface area contributed by atoms with Crippen LogP contribution in [-0.4, -0.2) is 19.1 Å². The number of hydrogen-bond acceptors (Lipinski definition) is 3. The van der Waals surface area contributed by atoms with Crippen LogP contribution in [0.4, 0.5) is 5.69 Å². The Morgan fingerprint density at radius 3 is 2.61 bits per heavy atom. The van der Waals surface area contributed by atoms with E-state index in [1.165, 1.54) is 5.56 Å². The van der Waals surface area contributed by atoms with Crippen molar-refractivity contribution in [2.75, 3.05) is 18.5 Å². The smallest absolute Gasteiger partial charge is 0.224 e. The number of rotatable bonds is 7. The van der Waals surface area contributed by atoms with E-state index >= 15 is 0 Å². The zero-order valence-electron chi connectivity index (χ0n) is 13.1. The highest BCUT2D eigenvalue weighted by Gasteiger charge is 2.05. The molecule has 122 valence electrons. The molecule has 0 saturated carbocycles. The highest BCUT2D eigenvalue weighted by molar-refractivity contribution is 9.10. The molecule has 1 amide bonds. The molecule has 0 saturated heterocycles. The van der Waals surface area contributed by atoms with Crippen molar-refractivity contribution >= 4 is 27.5 Å². The maximum Gasteiger partial charge on any atom is 0.224 e. The summed E-state index contributed by atoms with van der Waals surface area (Å²) in [7, 11) is 0. The van der Waals surface area contributed by atoms with E-state index < -0.39 is 0 Å². The molecule has 2 aromatic carbocycles. The van der Waals surface area contributed by atoms with Gasteiger partial charge in [0.2, 0.25) is 5.91 Å². The van der Waals surface area contributed by atoms with E-state index in [4.69, 9.17) is 10.5 Å². The van der Waals surface area contributed by atoms with Crippen LogP contribution < -0.4 is 15.8 Å². The zero-order valence-corrected chi connectivity index (χ0v) is 14.7. The third-order valence-corrected chi connectivity index (χ3v) is 4.28. The Balaban J connectivity index is 1.83. The highest BCUT2D eigenvalue weighted by Crippen LogP contribution is 2.19. The summed E-state index contributed by atoms with van der Waals surface area (Å²) >= 11 is 3.48. The van der Waals surface area contributed by atoms with Crippen LogP contribution in [-0.2, 0) is 11.2 Å². The minimum Gasteiger partial charge on any atom is -0.492 e. The number of carbonyl (C=O) groups is 1. The first kappa shape index (κ1) is 17.5. The van der Waals surface area contributed by atoms with Gasteiger partial charge in [0.1, 0.15) is 12.4 Å². The second-order valence-electron chi connectivity index (χ2n) is 5.29. The number of nitrogens with two attached hydrogens (primary N) is 1. The summed E-state index contributed by atoms with van der Waals surface area (Å²) in [5.74, 6) is 0.750.